The molecular formula is C28H22F2N6O2S. The predicted molar refractivity (Wildman–Crippen MR) is 143 cm³/mol. The third kappa shape index (κ3) is 4.43. The van der Waals surface area contributed by atoms with Crippen LogP contribution in [0.5, 0.6) is 5.75 Å². The highest BCUT2D eigenvalue weighted by molar-refractivity contribution is 7.19. The van der Waals surface area contributed by atoms with Crippen LogP contribution < -0.4 is 9.64 Å². The lowest BCUT2D eigenvalue weighted by molar-refractivity contribution is 0.122. The first kappa shape index (κ1) is 23.9. The van der Waals surface area contributed by atoms with Crippen molar-refractivity contribution in [2.75, 3.05) is 37.8 Å². The molecule has 1 aromatic carbocycles. The topological polar surface area (TPSA) is 78.2 Å². The first-order chi connectivity index (χ1) is 19.1. The van der Waals surface area contributed by atoms with Crippen LogP contribution in [-0.4, -0.2) is 57.6 Å². The van der Waals surface area contributed by atoms with Crippen LogP contribution in [0.1, 0.15) is 5.56 Å². The Morgan fingerprint density at radius 2 is 1.82 bits per heavy atom. The van der Waals surface area contributed by atoms with Crippen LogP contribution >= 0.6 is 11.3 Å². The molecule has 1 saturated heterocycles. The molecule has 0 aliphatic carbocycles. The number of ether oxygens (including phenoxy) is 2. The quantitative estimate of drug-likeness (QED) is 0.309. The molecule has 0 amide bonds. The molecule has 8 nitrogen and oxygen atoms in total. The fourth-order valence-corrected chi connectivity index (χ4v) is 6.02. The molecule has 2 aliphatic rings. The van der Waals surface area contributed by atoms with E-state index in [-0.39, 0.29) is 5.69 Å². The SMILES string of the molecule is Fc1ccc(-n2ncnc2-c2cc3c(s2)-c2nc(-c4ccc(N5CCOCC5)nc4)ccc2OCC3)c(F)c1. The number of thiophene rings is 1. The second-order valence-corrected chi connectivity index (χ2v) is 10.3. The Balaban J connectivity index is 1.25. The number of benzene rings is 1. The van der Waals surface area contributed by atoms with Crippen molar-refractivity contribution in [3.8, 4) is 44.0 Å². The van der Waals surface area contributed by atoms with Crippen LogP contribution in [0.15, 0.2) is 61.1 Å². The molecule has 4 aromatic heterocycles. The Bertz CT molecular complexity index is 1660. The van der Waals surface area contributed by atoms with Crippen molar-refractivity contribution in [2.24, 2.45) is 0 Å². The zero-order valence-corrected chi connectivity index (χ0v) is 21.5. The average molecular weight is 545 g/mol. The van der Waals surface area contributed by atoms with Crippen LogP contribution in [-0.2, 0) is 11.2 Å². The van der Waals surface area contributed by atoms with Gasteiger partial charge in [0.05, 0.1) is 35.3 Å². The number of nitrogens with zero attached hydrogens (tertiary/aromatic N) is 6. The molecule has 39 heavy (non-hydrogen) atoms. The molecule has 0 N–H and O–H groups in total. The van der Waals surface area contributed by atoms with Gasteiger partial charge >= 0.3 is 0 Å². The fraction of sp³-hybridized carbons (Fsp3) is 0.214. The second-order valence-electron chi connectivity index (χ2n) is 9.20. The maximum Gasteiger partial charge on any atom is 0.173 e. The molecule has 0 unspecified atom stereocenters. The predicted octanol–water partition coefficient (Wildman–Crippen LogP) is 5.17. The zero-order chi connectivity index (χ0) is 26.3. The third-order valence-corrected chi connectivity index (χ3v) is 7.98. The van der Waals surface area contributed by atoms with E-state index in [4.69, 9.17) is 14.5 Å². The number of hydrogen-bond donors (Lipinski definition) is 0. The van der Waals surface area contributed by atoms with Gasteiger partial charge in [0.1, 0.15) is 35.1 Å². The Labute approximate surface area is 226 Å². The van der Waals surface area contributed by atoms with Crippen LogP contribution in [0, 0.1) is 11.6 Å². The molecule has 0 spiro atoms. The lowest BCUT2D eigenvalue weighted by atomic mass is 10.1. The van der Waals surface area contributed by atoms with Gasteiger partial charge in [0.15, 0.2) is 11.6 Å². The van der Waals surface area contributed by atoms with Gasteiger partial charge in [-0.15, -0.1) is 11.3 Å². The van der Waals surface area contributed by atoms with Gasteiger partial charge in [-0.1, -0.05) is 0 Å². The highest BCUT2D eigenvalue weighted by Crippen LogP contribution is 2.43. The van der Waals surface area contributed by atoms with Gasteiger partial charge in [0.2, 0.25) is 0 Å². The van der Waals surface area contributed by atoms with E-state index in [0.717, 1.165) is 57.2 Å². The molecule has 5 aromatic rings. The summed E-state index contributed by atoms with van der Waals surface area (Å²) >= 11 is 1.50. The van der Waals surface area contributed by atoms with E-state index in [9.17, 15) is 8.78 Å². The highest BCUT2D eigenvalue weighted by Gasteiger charge is 2.24. The van der Waals surface area contributed by atoms with Crippen LogP contribution in [0.25, 0.3) is 38.2 Å². The first-order valence-corrected chi connectivity index (χ1v) is 13.4. The minimum atomic E-state index is -0.710. The number of morpholine rings is 1. The largest absolute Gasteiger partial charge is 0.491 e. The minimum absolute atomic E-state index is 0.129. The monoisotopic (exact) mass is 544 g/mol. The second kappa shape index (κ2) is 9.83. The number of hydrogen-bond acceptors (Lipinski definition) is 8. The van der Waals surface area contributed by atoms with Crippen LogP contribution in [0.2, 0.25) is 0 Å². The average Bonchev–Trinajstić information content (AvgIpc) is 3.58. The lowest BCUT2D eigenvalue weighted by Gasteiger charge is -2.27. The summed E-state index contributed by atoms with van der Waals surface area (Å²) in [6, 6.07) is 13.4. The number of aromatic nitrogens is 5. The Morgan fingerprint density at radius 1 is 0.923 bits per heavy atom. The maximum absolute atomic E-state index is 14.6. The molecular weight excluding hydrogens is 522 g/mol. The number of fused-ring (bicyclic) bond motifs is 3. The highest BCUT2D eigenvalue weighted by atomic mass is 32.1. The van der Waals surface area contributed by atoms with Gasteiger partial charge in [-0.3, -0.25) is 0 Å². The number of rotatable bonds is 4. The molecule has 0 bridgehead atoms. The molecule has 0 radical (unpaired) electrons. The van der Waals surface area contributed by atoms with Gasteiger partial charge in [-0.25, -0.2) is 28.4 Å². The van der Waals surface area contributed by atoms with Gasteiger partial charge in [0, 0.05) is 37.3 Å². The van der Waals surface area contributed by atoms with Crippen molar-refractivity contribution in [3.63, 3.8) is 0 Å². The van der Waals surface area contributed by atoms with E-state index in [0.29, 0.717) is 37.8 Å². The van der Waals surface area contributed by atoms with Crippen molar-refractivity contribution in [3.05, 3.63) is 78.3 Å². The zero-order valence-electron chi connectivity index (χ0n) is 20.7. The van der Waals surface area contributed by atoms with E-state index in [1.807, 2.05) is 36.5 Å². The molecule has 11 heteroatoms. The Morgan fingerprint density at radius 3 is 2.64 bits per heavy atom. The van der Waals surface area contributed by atoms with E-state index < -0.39 is 11.6 Å². The molecule has 7 rings (SSSR count). The van der Waals surface area contributed by atoms with E-state index in [1.165, 1.54) is 34.5 Å². The van der Waals surface area contributed by atoms with E-state index in [2.05, 4.69) is 20.0 Å². The summed E-state index contributed by atoms with van der Waals surface area (Å²) in [4.78, 5) is 18.0. The Hall–Kier alpha value is -4.22. The summed E-state index contributed by atoms with van der Waals surface area (Å²) in [5.74, 6) is 0.741. The molecule has 0 saturated carbocycles. The van der Waals surface area contributed by atoms with Crippen LogP contribution in [0.3, 0.4) is 0 Å². The third-order valence-electron chi connectivity index (χ3n) is 6.80. The summed E-state index contributed by atoms with van der Waals surface area (Å²) in [5, 5.41) is 4.21. The minimum Gasteiger partial charge on any atom is -0.491 e. The molecule has 196 valence electrons. The molecule has 1 fully saturated rings. The maximum atomic E-state index is 14.6. The lowest BCUT2D eigenvalue weighted by Crippen LogP contribution is -2.36. The standard InChI is InChI=1S/C28H22F2N6O2S/c29-19-2-4-22(20(30)14-19)36-28(32-16-33-36)24-13-17-7-10-38-23-5-3-21(34-26(23)27(17)39-24)18-1-6-25(31-15-18)35-8-11-37-12-9-35/h1-6,13-16H,7-12H2. The molecule has 2 aliphatic heterocycles. The number of halogens is 2. The van der Waals surface area contributed by atoms with Crippen molar-refractivity contribution < 1.29 is 18.3 Å². The number of anilines is 1. The molecule has 6 heterocycles. The van der Waals surface area contributed by atoms with Crippen molar-refractivity contribution >= 4 is 17.2 Å². The normalized spacial score (nSPS) is 14.9. The van der Waals surface area contributed by atoms with E-state index >= 15 is 0 Å². The summed E-state index contributed by atoms with van der Waals surface area (Å²) in [5.41, 5.74) is 3.63. The van der Waals surface area contributed by atoms with Gasteiger partial charge in [-0.2, -0.15) is 5.10 Å². The van der Waals surface area contributed by atoms with Gasteiger partial charge in [0.25, 0.3) is 0 Å². The number of pyridine rings is 2. The van der Waals surface area contributed by atoms with Gasteiger partial charge < -0.3 is 14.4 Å². The fourth-order valence-electron chi connectivity index (χ4n) is 4.84. The summed E-state index contributed by atoms with van der Waals surface area (Å²) < 4.78 is 40.9. The van der Waals surface area contributed by atoms with Crippen molar-refractivity contribution in [1.82, 2.24) is 24.7 Å². The van der Waals surface area contributed by atoms with Crippen molar-refractivity contribution in [2.45, 2.75) is 6.42 Å². The summed E-state index contributed by atoms with van der Waals surface area (Å²) in [6.45, 7) is 3.57. The van der Waals surface area contributed by atoms with E-state index in [1.54, 1.807) is 0 Å². The van der Waals surface area contributed by atoms with Crippen LogP contribution in [0.4, 0.5) is 14.6 Å². The molecule has 0 atom stereocenters. The van der Waals surface area contributed by atoms with Crippen molar-refractivity contribution in [1.29, 1.82) is 0 Å². The summed E-state index contributed by atoms with van der Waals surface area (Å²) in [7, 11) is 0. The first-order valence-electron chi connectivity index (χ1n) is 12.6. The Kier molecular flexibility index (Phi) is 6.01. The smallest absolute Gasteiger partial charge is 0.173 e. The summed E-state index contributed by atoms with van der Waals surface area (Å²) in [6.07, 6.45) is 3.90. The van der Waals surface area contributed by atoms with Gasteiger partial charge in [-0.05, 0) is 48.0 Å².